The minimum Gasteiger partial charge on any atom is -0.350 e. The van der Waals surface area contributed by atoms with Gasteiger partial charge in [-0.25, -0.2) is 0 Å². The molecule has 1 radical (unpaired) electrons. The molecule has 0 atom stereocenters. The molecule has 17 heavy (non-hydrogen) atoms. The fourth-order valence-electron chi connectivity index (χ4n) is 1.41. The Morgan fingerprint density at radius 1 is 1.06 bits per heavy atom. The van der Waals surface area contributed by atoms with Gasteiger partial charge in [-0.3, -0.25) is 4.79 Å². The fourth-order valence-corrected chi connectivity index (χ4v) is 1.41. The average Bonchev–Trinajstić information content (AvgIpc) is 2.38. The van der Waals surface area contributed by atoms with Crippen molar-refractivity contribution in [1.29, 1.82) is 0 Å². The van der Waals surface area contributed by atoms with Crippen molar-refractivity contribution >= 4 is 5.91 Å². The smallest absolute Gasteiger partial charge is 0.251 e. The molecule has 0 saturated carbocycles. The van der Waals surface area contributed by atoms with Crippen molar-refractivity contribution in [3.05, 3.63) is 71.8 Å². The number of nitrogens with one attached hydrogen (secondary N) is 1. The van der Waals surface area contributed by atoms with Crippen LogP contribution in [0.4, 0.5) is 0 Å². The fraction of sp³-hybridized carbons (Fsp3) is 0.0714. The molecule has 3 heteroatoms. The Kier molecular flexibility index (Phi) is 6.10. The minimum absolute atomic E-state index is 0. The Balaban J connectivity index is 0.00000144. The molecule has 2 aromatic carbocycles. The van der Waals surface area contributed by atoms with E-state index in [2.05, 4.69) is 11.4 Å². The second-order valence-corrected chi connectivity index (χ2v) is 3.46. The number of carbonyl (C=O) groups excluding carboxylic acids is 1. The molecule has 0 aromatic heterocycles. The number of hydrogen-bond donors (Lipinski definition) is 1. The molecule has 0 unspecified atom stereocenters. The van der Waals surface area contributed by atoms with Crippen LogP contribution in [0.2, 0.25) is 0 Å². The van der Waals surface area contributed by atoms with Crippen LogP contribution in [0.3, 0.4) is 0 Å². The van der Waals surface area contributed by atoms with Crippen LogP contribution >= 0.6 is 0 Å². The first-order chi connectivity index (χ1) is 7.86. The number of carbonyl (C=O) groups is 1. The van der Waals surface area contributed by atoms with Crippen molar-refractivity contribution in [2.24, 2.45) is 0 Å². The minimum atomic E-state index is -0.0477. The van der Waals surface area contributed by atoms with Gasteiger partial charge in [-0.15, -0.1) is 5.56 Å². The van der Waals surface area contributed by atoms with E-state index in [1.165, 1.54) is 0 Å². The third-order valence-electron chi connectivity index (χ3n) is 2.28. The summed E-state index contributed by atoms with van der Waals surface area (Å²) in [6.45, 7) is 0.544. The van der Waals surface area contributed by atoms with Gasteiger partial charge >= 0.3 is 0 Å². The van der Waals surface area contributed by atoms with E-state index in [0.717, 1.165) is 5.56 Å². The third kappa shape index (κ3) is 4.41. The zero-order valence-electron chi connectivity index (χ0n) is 9.39. The second-order valence-electron chi connectivity index (χ2n) is 3.46. The van der Waals surface area contributed by atoms with E-state index < -0.39 is 0 Å². The van der Waals surface area contributed by atoms with Crippen molar-refractivity contribution in [3.8, 4) is 0 Å². The van der Waals surface area contributed by atoms with E-state index in [9.17, 15) is 4.79 Å². The van der Waals surface area contributed by atoms with Gasteiger partial charge in [-0.05, 0) is 12.1 Å². The standard InChI is InChI=1S/C14H12NO.Y/c16-14(13-9-5-2-6-10-13)15-11-12-7-3-1-4-8-12;/h2-10H,11H2,(H,15,16);/q-1;. The van der Waals surface area contributed by atoms with E-state index in [1.54, 1.807) is 12.1 Å². The number of benzene rings is 2. The maximum absolute atomic E-state index is 11.7. The second kappa shape index (κ2) is 7.36. The van der Waals surface area contributed by atoms with Gasteiger partial charge in [0.1, 0.15) is 0 Å². The first-order valence-corrected chi connectivity index (χ1v) is 5.14. The monoisotopic (exact) mass is 299 g/mol. The van der Waals surface area contributed by atoms with Crippen LogP contribution in [-0.4, -0.2) is 5.91 Å². The molecule has 1 amide bonds. The van der Waals surface area contributed by atoms with E-state index in [-0.39, 0.29) is 38.6 Å². The molecule has 0 fully saturated rings. The maximum atomic E-state index is 11.7. The van der Waals surface area contributed by atoms with Crippen LogP contribution in [0.25, 0.3) is 0 Å². The molecular formula is C14H12NOY-. The third-order valence-corrected chi connectivity index (χ3v) is 2.28. The average molecular weight is 299 g/mol. The quantitative estimate of drug-likeness (QED) is 0.867. The zero-order valence-corrected chi connectivity index (χ0v) is 12.2. The van der Waals surface area contributed by atoms with Crippen molar-refractivity contribution in [2.45, 2.75) is 6.54 Å². The topological polar surface area (TPSA) is 29.1 Å². The van der Waals surface area contributed by atoms with Crippen LogP contribution in [0, 0.1) is 6.07 Å². The van der Waals surface area contributed by atoms with Crippen LogP contribution < -0.4 is 5.32 Å². The Morgan fingerprint density at radius 2 is 1.71 bits per heavy atom. The van der Waals surface area contributed by atoms with E-state index in [0.29, 0.717) is 12.1 Å². The zero-order chi connectivity index (χ0) is 11.2. The molecule has 0 heterocycles. The van der Waals surface area contributed by atoms with E-state index in [1.807, 2.05) is 42.5 Å². The van der Waals surface area contributed by atoms with Crippen LogP contribution in [0.1, 0.15) is 15.9 Å². The summed E-state index contributed by atoms with van der Waals surface area (Å²) in [6.07, 6.45) is 0. The normalized spacial score (nSPS) is 9.18. The van der Waals surface area contributed by atoms with Gasteiger partial charge < -0.3 is 5.32 Å². The van der Waals surface area contributed by atoms with Crippen molar-refractivity contribution in [1.82, 2.24) is 5.32 Å². The molecule has 0 spiro atoms. The summed E-state index contributed by atoms with van der Waals surface area (Å²) in [5, 5.41) is 2.86. The molecule has 2 nitrogen and oxygen atoms in total. The van der Waals surface area contributed by atoms with Gasteiger partial charge in [0.2, 0.25) is 0 Å². The van der Waals surface area contributed by atoms with Gasteiger partial charge in [-0.1, -0.05) is 18.2 Å². The molecule has 0 saturated heterocycles. The Hall–Kier alpha value is -0.986. The van der Waals surface area contributed by atoms with E-state index in [4.69, 9.17) is 0 Å². The first kappa shape index (κ1) is 14.1. The predicted octanol–water partition coefficient (Wildman–Crippen LogP) is 2.41. The molecule has 0 aliphatic carbocycles. The largest absolute Gasteiger partial charge is 0.350 e. The first-order valence-electron chi connectivity index (χ1n) is 5.14. The molecule has 0 bridgehead atoms. The molecule has 0 aliphatic rings. The molecule has 1 N–H and O–H groups in total. The van der Waals surface area contributed by atoms with Crippen LogP contribution in [0.5, 0.6) is 0 Å². The summed E-state index contributed by atoms with van der Waals surface area (Å²) in [5.41, 5.74) is 1.76. The Bertz CT molecular complexity index is 456. The van der Waals surface area contributed by atoms with Crippen molar-refractivity contribution < 1.29 is 37.5 Å². The summed E-state index contributed by atoms with van der Waals surface area (Å²) in [6, 6.07) is 19.7. The van der Waals surface area contributed by atoms with Gasteiger partial charge in [0.25, 0.3) is 5.91 Å². The van der Waals surface area contributed by atoms with E-state index >= 15 is 0 Å². The molecule has 0 aliphatic heterocycles. The van der Waals surface area contributed by atoms with Gasteiger partial charge in [-0.2, -0.15) is 30.3 Å². The summed E-state index contributed by atoms with van der Waals surface area (Å²) < 4.78 is 0. The predicted molar refractivity (Wildman–Crippen MR) is 62.9 cm³/mol. The van der Waals surface area contributed by atoms with Crippen LogP contribution in [-0.2, 0) is 39.3 Å². The Morgan fingerprint density at radius 3 is 2.35 bits per heavy atom. The summed E-state index contributed by atoms with van der Waals surface area (Å²) in [7, 11) is 0. The maximum Gasteiger partial charge on any atom is 0.251 e. The molecule has 2 rings (SSSR count). The summed E-state index contributed by atoms with van der Waals surface area (Å²) in [5.74, 6) is -0.0477. The number of rotatable bonds is 3. The SMILES string of the molecule is O=C(NCc1cc[c-]cc1)c1ccccc1.[Y]. The van der Waals surface area contributed by atoms with Gasteiger partial charge in [0.15, 0.2) is 0 Å². The molecular weight excluding hydrogens is 287 g/mol. The summed E-state index contributed by atoms with van der Waals surface area (Å²) in [4.78, 5) is 11.7. The number of hydrogen-bond acceptors (Lipinski definition) is 1. The molecule has 83 valence electrons. The van der Waals surface area contributed by atoms with Crippen molar-refractivity contribution in [3.63, 3.8) is 0 Å². The van der Waals surface area contributed by atoms with Crippen LogP contribution in [0.15, 0.2) is 54.6 Å². The van der Waals surface area contributed by atoms with Gasteiger partial charge in [0, 0.05) is 44.8 Å². The molecule has 2 aromatic rings. The summed E-state index contributed by atoms with van der Waals surface area (Å²) >= 11 is 0. The Labute approximate surface area is 126 Å². The van der Waals surface area contributed by atoms with Gasteiger partial charge in [0.05, 0.1) is 0 Å². The number of amides is 1. The van der Waals surface area contributed by atoms with Crippen molar-refractivity contribution in [2.75, 3.05) is 0 Å².